The van der Waals surface area contributed by atoms with E-state index in [1.165, 1.54) is 4.31 Å². The Bertz CT molecular complexity index is 727. The normalized spacial score (nSPS) is 15.7. The number of hydrogen-bond acceptors (Lipinski definition) is 5. The van der Waals surface area contributed by atoms with Crippen LogP contribution in [0.1, 0.15) is 26.2 Å². The van der Waals surface area contributed by atoms with E-state index in [9.17, 15) is 13.2 Å². The van der Waals surface area contributed by atoms with Gasteiger partial charge >= 0.3 is 0 Å². The van der Waals surface area contributed by atoms with Crippen LogP contribution in [-0.4, -0.2) is 49.8 Å². The number of sulfonamides is 1. The first-order valence-corrected chi connectivity index (χ1v) is 10.1. The van der Waals surface area contributed by atoms with E-state index >= 15 is 0 Å². The van der Waals surface area contributed by atoms with E-state index < -0.39 is 10.0 Å². The van der Waals surface area contributed by atoms with E-state index in [-0.39, 0.29) is 18.3 Å². The summed E-state index contributed by atoms with van der Waals surface area (Å²) in [6.45, 7) is 2.43. The van der Waals surface area contributed by atoms with Crippen molar-refractivity contribution < 1.29 is 18.0 Å². The highest BCUT2D eigenvalue weighted by molar-refractivity contribution is 7.89. The first-order valence-electron chi connectivity index (χ1n) is 8.11. The van der Waals surface area contributed by atoms with Gasteiger partial charge in [0, 0.05) is 36.6 Å². The molecule has 1 fully saturated rings. The van der Waals surface area contributed by atoms with Gasteiger partial charge in [0.25, 0.3) is 5.91 Å². The average Bonchev–Trinajstić information content (AvgIpc) is 2.55. The van der Waals surface area contributed by atoms with Crippen molar-refractivity contribution in [3.63, 3.8) is 0 Å². The average molecular weight is 388 g/mol. The number of halogens is 1. The molecule has 1 saturated heterocycles. The van der Waals surface area contributed by atoms with Crippen LogP contribution < -0.4 is 5.32 Å². The Morgan fingerprint density at radius 1 is 1.36 bits per heavy atom. The number of nitrogens with zero attached hydrogens (tertiary/aromatic N) is 2. The fourth-order valence-electron chi connectivity index (χ4n) is 2.45. The second kappa shape index (κ2) is 9.17. The van der Waals surface area contributed by atoms with Crippen molar-refractivity contribution in [2.24, 2.45) is 5.16 Å². The third-order valence-corrected chi connectivity index (χ3v) is 5.96. The summed E-state index contributed by atoms with van der Waals surface area (Å²) in [6, 6.07) is 6.81. The molecule has 1 heterocycles. The zero-order valence-electron chi connectivity index (χ0n) is 14.1. The maximum Gasteiger partial charge on any atom is 0.265 e. The minimum absolute atomic E-state index is 0.166. The van der Waals surface area contributed by atoms with Gasteiger partial charge < -0.3 is 10.2 Å². The molecule has 1 aromatic carbocycles. The summed E-state index contributed by atoms with van der Waals surface area (Å²) in [6.07, 6.45) is 1.63. The number of nitrogens with one attached hydrogen (secondary N) is 1. The summed E-state index contributed by atoms with van der Waals surface area (Å²) >= 11 is 5.85. The van der Waals surface area contributed by atoms with Crippen molar-refractivity contribution in [2.75, 3.05) is 30.8 Å². The highest BCUT2D eigenvalue weighted by Crippen LogP contribution is 2.15. The smallest absolute Gasteiger partial charge is 0.265 e. The topological polar surface area (TPSA) is 88.1 Å². The molecule has 0 aromatic heterocycles. The van der Waals surface area contributed by atoms with Crippen LogP contribution in [0.3, 0.4) is 0 Å². The molecule has 2 rings (SSSR count). The highest BCUT2D eigenvalue weighted by atomic mass is 35.5. The van der Waals surface area contributed by atoms with Crippen LogP contribution in [0.4, 0.5) is 5.69 Å². The van der Waals surface area contributed by atoms with Gasteiger partial charge in [-0.05, 0) is 24.6 Å². The molecule has 1 amide bonds. The van der Waals surface area contributed by atoms with Crippen LogP contribution in [-0.2, 0) is 19.7 Å². The van der Waals surface area contributed by atoms with Crippen molar-refractivity contribution in [1.29, 1.82) is 0 Å². The summed E-state index contributed by atoms with van der Waals surface area (Å²) in [5.41, 5.74) is 1.35. The molecule has 0 aliphatic carbocycles. The fraction of sp³-hybridized carbons (Fsp3) is 0.500. The molecule has 0 unspecified atom stereocenters. The third-order valence-electron chi connectivity index (χ3n) is 3.65. The summed E-state index contributed by atoms with van der Waals surface area (Å²) < 4.78 is 25.5. The van der Waals surface area contributed by atoms with Crippen molar-refractivity contribution in [3.8, 4) is 0 Å². The number of anilines is 1. The van der Waals surface area contributed by atoms with E-state index in [2.05, 4.69) is 10.5 Å². The van der Waals surface area contributed by atoms with E-state index in [4.69, 9.17) is 16.4 Å². The largest absolute Gasteiger partial charge is 0.386 e. The number of benzene rings is 1. The highest BCUT2D eigenvalue weighted by Gasteiger charge is 2.25. The number of rotatable bonds is 7. The second-order valence-corrected chi connectivity index (χ2v) is 8.23. The molecule has 0 saturated carbocycles. The Hall–Kier alpha value is -1.64. The molecule has 1 aromatic rings. The Balaban J connectivity index is 1.75. The second-order valence-electron chi connectivity index (χ2n) is 5.70. The van der Waals surface area contributed by atoms with Crippen LogP contribution in [0.5, 0.6) is 0 Å². The number of piperidine rings is 1. The Labute approximate surface area is 153 Å². The van der Waals surface area contributed by atoms with Gasteiger partial charge in [0.15, 0.2) is 6.61 Å². The first kappa shape index (κ1) is 19.7. The molecule has 138 valence electrons. The molecule has 9 heteroatoms. The SMILES string of the molecule is CCCS(=O)(=O)N1CCC(=NOCC(=O)Nc2cccc(Cl)c2)CC1. The van der Waals surface area contributed by atoms with Gasteiger partial charge in [0.05, 0.1) is 11.5 Å². The summed E-state index contributed by atoms with van der Waals surface area (Å²) in [5.74, 6) is -0.172. The van der Waals surface area contributed by atoms with Gasteiger partial charge in [-0.2, -0.15) is 0 Å². The minimum atomic E-state index is -3.17. The van der Waals surface area contributed by atoms with E-state index in [1.807, 2.05) is 6.92 Å². The quantitative estimate of drug-likeness (QED) is 0.728. The number of carbonyl (C=O) groups is 1. The number of carbonyl (C=O) groups excluding carboxylic acids is 1. The zero-order chi connectivity index (χ0) is 18.3. The standard InChI is InChI=1S/C16H22ClN3O4S/c1-2-10-25(22,23)20-8-6-14(7-9-20)19-24-12-16(21)18-15-5-3-4-13(17)11-15/h3-5,11H,2,6-10,12H2,1H3,(H,18,21). The van der Waals surface area contributed by atoms with E-state index in [1.54, 1.807) is 24.3 Å². The molecule has 0 atom stereocenters. The molecule has 0 radical (unpaired) electrons. The van der Waals surface area contributed by atoms with Crippen LogP contribution in [0, 0.1) is 0 Å². The van der Waals surface area contributed by atoms with E-state index in [0.717, 1.165) is 5.71 Å². The van der Waals surface area contributed by atoms with Crippen LogP contribution in [0.25, 0.3) is 0 Å². The molecule has 1 aliphatic rings. The number of hydrogen-bond donors (Lipinski definition) is 1. The predicted molar refractivity (Wildman–Crippen MR) is 98.4 cm³/mol. The lowest BCUT2D eigenvalue weighted by atomic mass is 10.1. The summed E-state index contributed by atoms with van der Waals surface area (Å²) in [5, 5.41) is 7.14. The number of oxime groups is 1. The lowest BCUT2D eigenvalue weighted by molar-refractivity contribution is -0.120. The third kappa shape index (κ3) is 6.30. The first-order chi connectivity index (χ1) is 11.9. The van der Waals surface area contributed by atoms with Crippen LogP contribution in [0.15, 0.2) is 29.4 Å². The summed E-state index contributed by atoms with van der Waals surface area (Å²) in [7, 11) is -3.17. The van der Waals surface area contributed by atoms with E-state index in [0.29, 0.717) is 43.1 Å². The lowest BCUT2D eigenvalue weighted by Crippen LogP contribution is -2.39. The molecule has 1 N–H and O–H groups in total. The Morgan fingerprint density at radius 3 is 2.72 bits per heavy atom. The van der Waals surface area contributed by atoms with Gasteiger partial charge in [-0.1, -0.05) is 29.7 Å². The van der Waals surface area contributed by atoms with Gasteiger partial charge in [-0.15, -0.1) is 0 Å². The maximum atomic E-state index is 12.0. The number of amides is 1. The van der Waals surface area contributed by atoms with Gasteiger partial charge in [-0.25, -0.2) is 12.7 Å². The predicted octanol–water partition coefficient (Wildman–Crippen LogP) is 2.49. The Morgan fingerprint density at radius 2 is 2.08 bits per heavy atom. The molecule has 25 heavy (non-hydrogen) atoms. The monoisotopic (exact) mass is 387 g/mol. The van der Waals surface area contributed by atoms with Crippen LogP contribution >= 0.6 is 11.6 Å². The maximum absolute atomic E-state index is 12.0. The van der Waals surface area contributed by atoms with Crippen molar-refractivity contribution in [3.05, 3.63) is 29.3 Å². The molecule has 0 spiro atoms. The zero-order valence-corrected chi connectivity index (χ0v) is 15.6. The molecule has 0 bridgehead atoms. The Kier molecular flexibility index (Phi) is 7.22. The molecule has 1 aliphatic heterocycles. The molecular weight excluding hydrogens is 366 g/mol. The van der Waals surface area contributed by atoms with Crippen molar-refractivity contribution >= 4 is 38.9 Å². The van der Waals surface area contributed by atoms with Gasteiger partial charge in [-0.3, -0.25) is 4.79 Å². The lowest BCUT2D eigenvalue weighted by Gasteiger charge is -2.26. The van der Waals surface area contributed by atoms with Gasteiger partial charge in [0.2, 0.25) is 10.0 Å². The minimum Gasteiger partial charge on any atom is -0.386 e. The van der Waals surface area contributed by atoms with Crippen molar-refractivity contribution in [1.82, 2.24) is 4.31 Å². The van der Waals surface area contributed by atoms with Gasteiger partial charge in [0.1, 0.15) is 0 Å². The molecule has 7 nitrogen and oxygen atoms in total. The summed E-state index contributed by atoms with van der Waals surface area (Å²) in [4.78, 5) is 16.9. The fourth-order valence-corrected chi connectivity index (χ4v) is 4.15. The van der Waals surface area contributed by atoms with Crippen molar-refractivity contribution in [2.45, 2.75) is 26.2 Å². The van der Waals surface area contributed by atoms with Crippen LogP contribution in [0.2, 0.25) is 5.02 Å². The molecular formula is C16H22ClN3O4S.